The molecule has 0 bridgehead atoms. The van der Waals surface area contributed by atoms with Crippen molar-refractivity contribution in [1.29, 1.82) is 0 Å². The van der Waals surface area contributed by atoms with Gasteiger partial charge >= 0.3 is 6.18 Å². The van der Waals surface area contributed by atoms with Crippen LogP contribution in [0.15, 0.2) is 42.6 Å². The summed E-state index contributed by atoms with van der Waals surface area (Å²) < 4.78 is 39.5. The van der Waals surface area contributed by atoms with Crippen LogP contribution in [-0.4, -0.2) is 14.8 Å². The maximum Gasteiger partial charge on any atom is 0.433 e. The van der Waals surface area contributed by atoms with E-state index in [-0.39, 0.29) is 12.2 Å². The van der Waals surface area contributed by atoms with Crippen molar-refractivity contribution in [2.45, 2.75) is 12.7 Å². The lowest BCUT2D eigenvalue weighted by atomic mass is 10.2. The summed E-state index contributed by atoms with van der Waals surface area (Å²) in [6.45, 7) is 0.150. The quantitative estimate of drug-likeness (QED) is 0.738. The number of pyridine rings is 1. The number of benzene rings is 1. The summed E-state index contributed by atoms with van der Waals surface area (Å²) in [6.07, 6.45) is -2.86. The third-order valence-corrected chi connectivity index (χ3v) is 3.13. The monoisotopic (exact) mass is 292 g/mol. The SMILES string of the molecule is Nc1cccc2c1cnn2Cc1cccc(C(F)(F)F)n1. The minimum Gasteiger partial charge on any atom is -0.398 e. The summed E-state index contributed by atoms with van der Waals surface area (Å²) in [5, 5.41) is 4.93. The Morgan fingerprint density at radius 1 is 1.10 bits per heavy atom. The third-order valence-electron chi connectivity index (χ3n) is 3.13. The van der Waals surface area contributed by atoms with Gasteiger partial charge in [-0.15, -0.1) is 0 Å². The van der Waals surface area contributed by atoms with Crippen molar-refractivity contribution in [3.8, 4) is 0 Å². The van der Waals surface area contributed by atoms with Crippen LogP contribution in [0, 0.1) is 0 Å². The average molecular weight is 292 g/mol. The van der Waals surface area contributed by atoms with Crippen LogP contribution in [0.25, 0.3) is 10.9 Å². The second kappa shape index (κ2) is 4.76. The van der Waals surface area contributed by atoms with E-state index in [4.69, 9.17) is 5.73 Å². The van der Waals surface area contributed by atoms with Gasteiger partial charge in [-0.3, -0.25) is 4.68 Å². The second-order valence-corrected chi connectivity index (χ2v) is 4.59. The number of halogens is 3. The van der Waals surface area contributed by atoms with Gasteiger partial charge in [-0.05, 0) is 24.3 Å². The molecule has 0 aliphatic heterocycles. The molecule has 1 aromatic carbocycles. The van der Waals surface area contributed by atoms with Crippen LogP contribution in [0.5, 0.6) is 0 Å². The molecule has 0 aliphatic rings. The van der Waals surface area contributed by atoms with Crippen molar-refractivity contribution in [3.63, 3.8) is 0 Å². The third kappa shape index (κ3) is 2.54. The Balaban J connectivity index is 1.98. The van der Waals surface area contributed by atoms with Crippen LogP contribution >= 0.6 is 0 Å². The zero-order valence-electron chi connectivity index (χ0n) is 10.8. The zero-order valence-corrected chi connectivity index (χ0v) is 10.8. The molecule has 3 aromatic rings. The van der Waals surface area contributed by atoms with E-state index in [0.29, 0.717) is 5.69 Å². The van der Waals surface area contributed by atoms with E-state index in [2.05, 4.69) is 10.1 Å². The molecule has 0 amide bonds. The van der Waals surface area contributed by atoms with Gasteiger partial charge in [0.2, 0.25) is 0 Å². The Morgan fingerprint density at radius 2 is 1.86 bits per heavy atom. The molecule has 4 nitrogen and oxygen atoms in total. The second-order valence-electron chi connectivity index (χ2n) is 4.59. The summed E-state index contributed by atoms with van der Waals surface area (Å²) in [5.74, 6) is 0. The highest BCUT2D eigenvalue weighted by atomic mass is 19.4. The lowest BCUT2D eigenvalue weighted by Crippen LogP contribution is -2.11. The van der Waals surface area contributed by atoms with Crippen molar-refractivity contribution >= 4 is 16.6 Å². The van der Waals surface area contributed by atoms with Gasteiger partial charge in [0.25, 0.3) is 0 Å². The molecular formula is C14H11F3N4. The Kier molecular flexibility index (Phi) is 3.04. The number of aromatic nitrogens is 3. The number of alkyl halides is 3. The van der Waals surface area contributed by atoms with Gasteiger partial charge in [0.15, 0.2) is 0 Å². The van der Waals surface area contributed by atoms with Crippen LogP contribution in [0.3, 0.4) is 0 Å². The van der Waals surface area contributed by atoms with E-state index in [9.17, 15) is 13.2 Å². The molecule has 7 heteroatoms. The first-order chi connectivity index (χ1) is 9.95. The highest BCUT2D eigenvalue weighted by Gasteiger charge is 2.32. The van der Waals surface area contributed by atoms with E-state index in [0.717, 1.165) is 17.0 Å². The van der Waals surface area contributed by atoms with Gasteiger partial charge < -0.3 is 5.73 Å². The molecule has 0 aliphatic carbocycles. The minimum atomic E-state index is -4.45. The highest BCUT2D eigenvalue weighted by Crippen LogP contribution is 2.27. The molecule has 0 unspecified atom stereocenters. The molecule has 21 heavy (non-hydrogen) atoms. The molecule has 0 radical (unpaired) electrons. The molecule has 0 atom stereocenters. The van der Waals surface area contributed by atoms with Crippen LogP contribution < -0.4 is 5.73 Å². The number of anilines is 1. The van der Waals surface area contributed by atoms with Crippen molar-refractivity contribution in [2.75, 3.05) is 5.73 Å². The predicted molar refractivity (Wildman–Crippen MR) is 72.5 cm³/mol. The summed E-state index contributed by atoms with van der Waals surface area (Å²) in [5.41, 5.74) is 6.55. The maximum atomic E-state index is 12.7. The molecule has 0 saturated carbocycles. The van der Waals surface area contributed by atoms with Crippen molar-refractivity contribution < 1.29 is 13.2 Å². The molecule has 108 valence electrons. The van der Waals surface area contributed by atoms with E-state index in [1.165, 1.54) is 12.1 Å². The normalized spacial score (nSPS) is 12.0. The van der Waals surface area contributed by atoms with E-state index in [1.807, 2.05) is 6.07 Å². The van der Waals surface area contributed by atoms with E-state index in [1.54, 1.807) is 23.0 Å². The number of fused-ring (bicyclic) bond motifs is 1. The van der Waals surface area contributed by atoms with Gasteiger partial charge in [0, 0.05) is 11.1 Å². The molecule has 0 spiro atoms. The smallest absolute Gasteiger partial charge is 0.398 e. The summed E-state index contributed by atoms with van der Waals surface area (Å²) in [4.78, 5) is 3.63. The van der Waals surface area contributed by atoms with Crippen LogP contribution in [0.4, 0.5) is 18.9 Å². The van der Waals surface area contributed by atoms with E-state index < -0.39 is 11.9 Å². The molecular weight excluding hydrogens is 281 g/mol. The minimum absolute atomic E-state index is 0.150. The van der Waals surface area contributed by atoms with Gasteiger partial charge in [-0.25, -0.2) is 4.98 Å². The van der Waals surface area contributed by atoms with Crippen molar-refractivity contribution in [3.05, 3.63) is 54.0 Å². The number of nitrogens with zero attached hydrogens (tertiary/aromatic N) is 3. The lowest BCUT2D eigenvalue weighted by molar-refractivity contribution is -0.141. The number of nitrogens with two attached hydrogens (primary N) is 1. The first-order valence-corrected chi connectivity index (χ1v) is 6.18. The van der Waals surface area contributed by atoms with E-state index >= 15 is 0 Å². The van der Waals surface area contributed by atoms with Gasteiger partial charge in [0.05, 0.1) is 24.0 Å². The predicted octanol–water partition coefficient (Wildman–Crippen LogP) is 3.08. The van der Waals surface area contributed by atoms with Crippen LogP contribution in [0.2, 0.25) is 0 Å². The van der Waals surface area contributed by atoms with Crippen LogP contribution in [0.1, 0.15) is 11.4 Å². The Labute approximate surface area is 118 Å². The number of rotatable bonds is 2. The molecule has 0 fully saturated rings. The van der Waals surface area contributed by atoms with Crippen molar-refractivity contribution in [2.24, 2.45) is 0 Å². The molecule has 2 N–H and O–H groups in total. The molecule has 3 rings (SSSR count). The first kappa shape index (κ1) is 13.4. The average Bonchev–Trinajstić information content (AvgIpc) is 2.83. The Hall–Kier alpha value is -2.57. The fourth-order valence-electron chi connectivity index (χ4n) is 2.13. The first-order valence-electron chi connectivity index (χ1n) is 6.18. The van der Waals surface area contributed by atoms with Crippen molar-refractivity contribution in [1.82, 2.24) is 14.8 Å². The Morgan fingerprint density at radius 3 is 2.62 bits per heavy atom. The van der Waals surface area contributed by atoms with Gasteiger partial charge in [0.1, 0.15) is 5.69 Å². The standard InChI is InChI=1S/C14H11F3N4/c15-14(16,17)13-6-1-3-9(20-13)8-21-12-5-2-4-11(18)10(12)7-19-21/h1-7H,8,18H2. The fourth-order valence-corrected chi connectivity index (χ4v) is 2.13. The van der Waals surface area contributed by atoms with Gasteiger partial charge in [-0.2, -0.15) is 18.3 Å². The molecule has 2 heterocycles. The molecule has 2 aromatic heterocycles. The topological polar surface area (TPSA) is 56.7 Å². The number of nitrogen functional groups attached to an aromatic ring is 1. The Bertz CT molecular complexity index is 792. The summed E-state index contributed by atoms with van der Waals surface area (Å²) in [7, 11) is 0. The highest BCUT2D eigenvalue weighted by molar-refractivity contribution is 5.90. The largest absolute Gasteiger partial charge is 0.433 e. The van der Waals surface area contributed by atoms with Crippen LogP contribution in [-0.2, 0) is 12.7 Å². The fraction of sp³-hybridized carbons (Fsp3) is 0.143. The van der Waals surface area contributed by atoms with Gasteiger partial charge in [-0.1, -0.05) is 12.1 Å². The molecule has 0 saturated heterocycles. The summed E-state index contributed by atoms with van der Waals surface area (Å²) in [6, 6.07) is 9.15. The maximum absolute atomic E-state index is 12.7. The lowest BCUT2D eigenvalue weighted by Gasteiger charge is -2.08. The number of hydrogen-bond acceptors (Lipinski definition) is 3. The summed E-state index contributed by atoms with van der Waals surface area (Å²) >= 11 is 0. The zero-order chi connectivity index (χ0) is 15.0. The number of hydrogen-bond donors (Lipinski definition) is 1.